The van der Waals surface area contributed by atoms with Gasteiger partial charge in [0.1, 0.15) is 6.29 Å². The first kappa shape index (κ1) is 10.2. The van der Waals surface area contributed by atoms with Gasteiger partial charge in [-0.15, -0.1) is 6.58 Å². The van der Waals surface area contributed by atoms with Crippen molar-refractivity contribution < 1.29 is 9.59 Å². The van der Waals surface area contributed by atoms with Crippen molar-refractivity contribution in [3.05, 3.63) is 47.5 Å². The zero-order valence-electron chi connectivity index (χ0n) is 7.69. The summed E-state index contributed by atoms with van der Waals surface area (Å²) in [7, 11) is 0. The highest BCUT2D eigenvalue weighted by Gasteiger charge is 2.10. The quantitative estimate of drug-likeness (QED) is 0.573. The van der Waals surface area contributed by atoms with Crippen LogP contribution in [0.5, 0.6) is 0 Å². The van der Waals surface area contributed by atoms with Gasteiger partial charge in [0.05, 0.1) is 0 Å². The highest BCUT2D eigenvalue weighted by atomic mass is 16.1. The molecule has 0 heterocycles. The number of carbonyl (C=O) groups excluding carboxylic acids is 2. The molecule has 0 fully saturated rings. The number of hydrogen-bond acceptors (Lipinski definition) is 2. The van der Waals surface area contributed by atoms with E-state index in [1.54, 1.807) is 24.3 Å². The minimum Gasteiger partial charge on any atom is -0.366 e. The van der Waals surface area contributed by atoms with Crippen molar-refractivity contribution in [3.63, 3.8) is 0 Å². The average Bonchev–Trinajstić information content (AvgIpc) is 2.18. The Balaban J connectivity index is 3.34. The lowest BCUT2D eigenvalue weighted by atomic mass is 9.98. The van der Waals surface area contributed by atoms with Crippen LogP contribution in [0.1, 0.15) is 26.3 Å². The summed E-state index contributed by atoms with van der Waals surface area (Å²) in [4.78, 5) is 21.7. The molecule has 0 bridgehead atoms. The number of aldehydes is 1. The molecule has 0 unspecified atom stereocenters. The topological polar surface area (TPSA) is 60.2 Å². The van der Waals surface area contributed by atoms with Crippen LogP contribution in [0.4, 0.5) is 0 Å². The Morgan fingerprint density at radius 3 is 2.71 bits per heavy atom. The van der Waals surface area contributed by atoms with Crippen molar-refractivity contribution in [1.29, 1.82) is 0 Å². The molecule has 0 saturated carbocycles. The summed E-state index contributed by atoms with van der Waals surface area (Å²) >= 11 is 0. The van der Waals surface area contributed by atoms with Crippen molar-refractivity contribution in [2.75, 3.05) is 0 Å². The molecule has 0 aliphatic heterocycles. The largest absolute Gasteiger partial charge is 0.366 e. The predicted molar refractivity (Wildman–Crippen MR) is 54.2 cm³/mol. The number of nitrogens with two attached hydrogens (primary N) is 1. The molecule has 0 saturated heterocycles. The molecule has 0 aliphatic carbocycles. The SMILES string of the molecule is C=CCc1c(C=O)cccc1C(N)=O. The molecule has 14 heavy (non-hydrogen) atoms. The lowest BCUT2D eigenvalue weighted by Gasteiger charge is -2.06. The molecule has 0 radical (unpaired) electrons. The van der Waals surface area contributed by atoms with Crippen LogP contribution in [0, 0.1) is 0 Å². The summed E-state index contributed by atoms with van der Waals surface area (Å²) in [5.74, 6) is -0.523. The van der Waals surface area contributed by atoms with Gasteiger partial charge < -0.3 is 5.73 Å². The second-order valence-corrected chi connectivity index (χ2v) is 2.85. The van der Waals surface area contributed by atoms with E-state index in [0.29, 0.717) is 29.4 Å². The van der Waals surface area contributed by atoms with Crippen molar-refractivity contribution in [2.45, 2.75) is 6.42 Å². The maximum absolute atomic E-state index is 11.0. The van der Waals surface area contributed by atoms with E-state index in [4.69, 9.17) is 5.73 Å². The summed E-state index contributed by atoms with van der Waals surface area (Å²) in [5, 5.41) is 0. The van der Waals surface area contributed by atoms with Gasteiger partial charge in [-0.3, -0.25) is 9.59 Å². The van der Waals surface area contributed by atoms with Crippen LogP contribution in [0.2, 0.25) is 0 Å². The van der Waals surface area contributed by atoms with Crippen LogP contribution in [-0.4, -0.2) is 12.2 Å². The number of primary amides is 1. The summed E-state index contributed by atoms with van der Waals surface area (Å²) in [6.45, 7) is 3.56. The van der Waals surface area contributed by atoms with Gasteiger partial charge in [-0.25, -0.2) is 0 Å². The Hall–Kier alpha value is -1.90. The summed E-state index contributed by atoms with van der Waals surface area (Å²) in [6, 6.07) is 4.89. The van der Waals surface area contributed by atoms with Crippen molar-refractivity contribution in [3.8, 4) is 0 Å². The van der Waals surface area contributed by atoms with Crippen LogP contribution < -0.4 is 5.73 Å². The van der Waals surface area contributed by atoms with Crippen molar-refractivity contribution in [2.24, 2.45) is 5.73 Å². The van der Waals surface area contributed by atoms with Crippen molar-refractivity contribution in [1.82, 2.24) is 0 Å². The minimum absolute atomic E-state index is 0.384. The Bertz CT molecular complexity index is 383. The molecule has 0 aliphatic rings. The fraction of sp³-hybridized carbons (Fsp3) is 0.0909. The molecule has 1 aromatic rings. The third-order valence-corrected chi connectivity index (χ3v) is 1.95. The van der Waals surface area contributed by atoms with Gasteiger partial charge in [0, 0.05) is 11.1 Å². The van der Waals surface area contributed by atoms with Crippen LogP contribution in [0.15, 0.2) is 30.9 Å². The summed E-state index contributed by atoms with van der Waals surface area (Å²) in [5.41, 5.74) is 6.69. The molecule has 0 atom stereocenters. The third kappa shape index (κ3) is 1.88. The lowest BCUT2D eigenvalue weighted by molar-refractivity contribution is 0.0999. The zero-order chi connectivity index (χ0) is 10.6. The first-order chi connectivity index (χ1) is 6.70. The second kappa shape index (κ2) is 4.37. The Kier molecular flexibility index (Phi) is 3.18. The summed E-state index contributed by atoms with van der Waals surface area (Å²) < 4.78 is 0. The van der Waals surface area contributed by atoms with Gasteiger partial charge in [-0.05, 0) is 18.1 Å². The van der Waals surface area contributed by atoms with E-state index in [-0.39, 0.29) is 0 Å². The number of hydrogen-bond donors (Lipinski definition) is 1. The smallest absolute Gasteiger partial charge is 0.249 e. The van der Waals surface area contributed by atoms with Crippen LogP contribution >= 0.6 is 0 Å². The molecule has 2 N–H and O–H groups in total. The highest BCUT2D eigenvalue weighted by molar-refractivity contribution is 5.96. The van der Waals surface area contributed by atoms with E-state index < -0.39 is 5.91 Å². The zero-order valence-corrected chi connectivity index (χ0v) is 7.69. The van der Waals surface area contributed by atoms with E-state index >= 15 is 0 Å². The van der Waals surface area contributed by atoms with Crippen LogP contribution in [0.25, 0.3) is 0 Å². The fourth-order valence-corrected chi connectivity index (χ4v) is 1.32. The Morgan fingerprint density at radius 2 is 2.21 bits per heavy atom. The first-order valence-corrected chi connectivity index (χ1v) is 4.18. The van der Waals surface area contributed by atoms with Crippen LogP contribution in [-0.2, 0) is 6.42 Å². The van der Waals surface area contributed by atoms with Gasteiger partial charge in [0.25, 0.3) is 0 Å². The number of carbonyl (C=O) groups is 2. The number of allylic oxidation sites excluding steroid dienone is 1. The average molecular weight is 189 g/mol. The van der Waals surface area contributed by atoms with Gasteiger partial charge in [0.2, 0.25) is 5.91 Å². The molecule has 1 rings (SSSR count). The number of rotatable bonds is 4. The molecule has 72 valence electrons. The monoisotopic (exact) mass is 189 g/mol. The Morgan fingerprint density at radius 1 is 1.50 bits per heavy atom. The Labute approximate surface area is 82.2 Å². The molecule has 1 amide bonds. The highest BCUT2D eigenvalue weighted by Crippen LogP contribution is 2.14. The molecule has 3 heteroatoms. The molecular weight excluding hydrogens is 178 g/mol. The van der Waals surface area contributed by atoms with E-state index in [0.717, 1.165) is 0 Å². The van der Waals surface area contributed by atoms with Gasteiger partial charge in [-0.1, -0.05) is 18.2 Å². The first-order valence-electron chi connectivity index (χ1n) is 4.18. The van der Waals surface area contributed by atoms with E-state index in [1.807, 2.05) is 0 Å². The minimum atomic E-state index is -0.523. The van der Waals surface area contributed by atoms with Gasteiger partial charge in [-0.2, -0.15) is 0 Å². The standard InChI is InChI=1S/C11H11NO2/c1-2-4-9-8(7-13)5-3-6-10(9)11(12)14/h2-3,5-7H,1,4H2,(H2,12,14). The molecule has 0 aromatic heterocycles. The van der Waals surface area contributed by atoms with Gasteiger partial charge >= 0.3 is 0 Å². The molecular formula is C11H11NO2. The summed E-state index contributed by atoms with van der Waals surface area (Å²) in [6.07, 6.45) is 2.81. The lowest BCUT2D eigenvalue weighted by Crippen LogP contribution is -2.14. The molecule has 3 nitrogen and oxygen atoms in total. The van der Waals surface area contributed by atoms with Gasteiger partial charge in [0.15, 0.2) is 0 Å². The molecule has 1 aromatic carbocycles. The maximum atomic E-state index is 11.0. The second-order valence-electron chi connectivity index (χ2n) is 2.85. The maximum Gasteiger partial charge on any atom is 0.249 e. The van der Waals surface area contributed by atoms with E-state index in [9.17, 15) is 9.59 Å². The normalized spacial score (nSPS) is 9.43. The van der Waals surface area contributed by atoms with Crippen molar-refractivity contribution >= 4 is 12.2 Å². The number of amides is 1. The predicted octanol–water partition coefficient (Wildman–Crippen LogP) is 1.33. The van der Waals surface area contributed by atoms with E-state index in [2.05, 4.69) is 6.58 Å². The van der Waals surface area contributed by atoms with Crippen LogP contribution in [0.3, 0.4) is 0 Å². The molecule has 0 spiro atoms. The van der Waals surface area contributed by atoms with E-state index in [1.165, 1.54) is 0 Å². The third-order valence-electron chi connectivity index (χ3n) is 1.95. The number of benzene rings is 1. The fourth-order valence-electron chi connectivity index (χ4n) is 1.32.